The number of amides is 1. The molecule has 1 N–H and O–H groups in total. The number of anilines is 1. The molecule has 1 fully saturated rings. The Kier molecular flexibility index (Phi) is 4.83. The highest BCUT2D eigenvalue weighted by molar-refractivity contribution is 6.30. The smallest absolute Gasteiger partial charge is 0.407 e. The van der Waals surface area contributed by atoms with Gasteiger partial charge in [-0.05, 0) is 54.2 Å². The molecule has 1 saturated heterocycles. The van der Waals surface area contributed by atoms with Crippen molar-refractivity contribution >= 4 is 23.4 Å². The van der Waals surface area contributed by atoms with Gasteiger partial charge in [-0.15, -0.1) is 0 Å². The average molecular weight is 388 g/mol. The number of carboxylic acid groups (broad SMARTS) is 1. The summed E-state index contributed by atoms with van der Waals surface area (Å²) < 4.78 is 5.25. The first-order chi connectivity index (χ1) is 13.1. The number of benzene rings is 1. The Morgan fingerprint density at radius 2 is 2.19 bits per heavy atom. The third-order valence-corrected chi connectivity index (χ3v) is 5.71. The van der Waals surface area contributed by atoms with Gasteiger partial charge in [0.05, 0.1) is 13.2 Å². The third kappa shape index (κ3) is 3.41. The van der Waals surface area contributed by atoms with Crippen LogP contribution < -0.4 is 9.64 Å². The highest BCUT2D eigenvalue weighted by Crippen LogP contribution is 2.39. The van der Waals surface area contributed by atoms with Gasteiger partial charge < -0.3 is 19.6 Å². The van der Waals surface area contributed by atoms with E-state index in [2.05, 4.69) is 9.88 Å². The van der Waals surface area contributed by atoms with Gasteiger partial charge in [-0.25, -0.2) is 9.78 Å². The molecule has 1 aromatic heterocycles. The average Bonchev–Trinajstić information content (AvgIpc) is 3.17. The highest BCUT2D eigenvalue weighted by atomic mass is 35.5. The van der Waals surface area contributed by atoms with Crippen molar-refractivity contribution in [3.63, 3.8) is 0 Å². The number of hydrogen-bond donors (Lipinski definition) is 1. The van der Waals surface area contributed by atoms with Crippen molar-refractivity contribution in [3.8, 4) is 5.88 Å². The summed E-state index contributed by atoms with van der Waals surface area (Å²) in [5.74, 6) is 0.586. The SMILES string of the molecule is COc1cc(N2CCc3cc(Cl)cc([C@@H]4CCCN4C(=O)O)c3C2)ccn1. The van der Waals surface area contributed by atoms with E-state index in [4.69, 9.17) is 16.3 Å². The summed E-state index contributed by atoms with van der Waals surface area (Å²) >= 11 is 6.38. The van der Waals surface area contributed by atoms with Crippen LogP contribution in [0.4, 0.5) is 10.5 Å². The standard InChI is InChI=1S/C20H22ClN3O3/c1-27-19-11-15(4-6-22-19)23-8-5-13-9-14(21)10-16(17(13)12-23)18-3-2-7-24(18)20(25)26/h4,6,9-11,18H,2-3,5,7-8,12H2,1H3,(H,25,26)/t18-/m0/s1. The quantitative estimate of drug-likeness (QED) is 0.858. The van der Waals surface area contributed by atoms with Gasteiger partial charge in [-0.2, -0.15) is 0 Å². The minimum absolute atomic E-state index is 0.123. The van der Waals surface area contributed by atoms with Crippen molar-refractivity contribution in [2.75, 3.05) is 25.1 Å². The number of aromatic nitrogens is 1. The van der Waals surface area contributed by atoms with Crippen molar-refractivity contribution < 1.29 is 14.6 Å². The molecular weight excluding hydrogens is 366 g/mol. The summed E-state index contributed by atoms with van der Waals surface area (Å²) in [6.45, 7) is 2.17. The molecule has 3 heterocycles. The van der Waals surface area contributed by atoms with Gasteiger partial charge in [0.15, 0.2) is 0 Å². The van der Waals surface area contributed by atoms with Crippen LogP contribution >= 0.6 is 11.6 Å². The largest absolute Gasteiger partial charge is 0.481 e. The molecule has 1 atom stereocenters. The van der Waals surface area contributed by atoms with Crippen LogP contribution in [0.2, 0.25) is 5.02 Å². The zero-order chi connectivity index (χ0) is 19.0. The Morgan fingerprint density at radius 1 is 1.33 bits per heavy atom. The van der Waals surface area contributed by atoms with E-state index in [1.54, 1.807) is 18.2 Å². The van der Waals surface area contributed by atoms with Crippen LogP contribution in [0.1, 0.15) is 35.6 Å². The van der Waals surface area contributed by atoms with Gasteiger partial charge in [0.1, 0.15) is 0 Å². The summed E-state index contributed by atoms with van der Waals surface area (Å²) in [5.41, 5.74) is 4.50. The zero-order valence-electron chi connectivity index (χ0n) is 15.2. The van der Waals surface area contributed by atoms with Crippen LogP contribution in [0.25, 0.3) is 0 Å². The number of nitrogens with zero attached hydrogens (tertiary/aromatic N) is 3. The maximum Gasteiger partial charge on any atom is 0.407 e. The number of hydrogen-bond acceptors (Lipinski definition) is 4. The van der Waals surface area contributed by atoms with E-state index in [1.165, 1.54) is 11.1 Å². The molecule has 1 amide bonds. The number of halogens is 1. The van der Waals surface area contributed by atoms with Gasteiger partial charge in [-0.3, -0.25) is 0 Å². The first-order valence-electron chi connectivity index (χ1n) is 9.12. The van der Waals surface area contributed by atoms with Crippen molar-refractivity contribution in [2.45, 2.75) is 31.8 Å². The number of likely N-dealkylation sites (tertiary alicyclic amines) is 1. The first-order valence-corrected chi connectivity index (χ1v) is 9.50. The van der Waals surface area contributed by atoms with Crippen LogP contribution in [0.3, 0.4) is 0 Å². The molecule has 0 spiro atoms. The molecule has 2 aliphatic heterocycles. The normalized spacial score (nSPS) is 19.1. The second-order valence-electron chi connectivity index (χ2n) is 6.99. The fourth-order valence-electron chi connectivity index (χ4n) is 4.20. The Morgan fingerprint density at radius 3 is 2.96 bits per heavy atom. The molecule has 2 aliphatic rings. The molecule has 6 nitrogen and oxygen atoms in total. The lowest BCUT2D eigenvalue weighted by molar-refractivity contribution is 0.140. The maximum atomic E-state index is 11.7. The molecule has 0 bridgehead atoms. The second-order valence-corrected chi connectivity index (χ2v) is 7.43. The molecule has 0 saturated carbocycles. The number of rotatable bonds is 3. The van der Waals surface area contributed by atoms with Gasteiger partial charge >= 0.3 is 6.09 Å². The number of methoxy groups -OCH3 is 1. The Balaban J connectivity index is 1.70. The summed E-state index contributed by atoms with van der Waals surface area (Å²) in [6.07, 6.45) is 3.46. The lowest BCUT2D eigenvalue weighted by atomic mass is 9.90. The molecule has 7 heteroatoms. The summed E-state index contributed by atoms with van der Waals surface area (Å²) in [6, 6.07) is 7.75. The van der Waals surface area contributed by atoms with Crippen molar-refractivity contribution in [2.24, 2.45) is 0 Å². The van der Waals surface area contributed by atoms with Gasteiger partial charge in [0.2, 0.25) is 5.88 Å². The minimum atomic E-state index is -0.863. The number of ether oxygens (including phenoxy) is 1. The van der Waals surface area contributed by atoms with E-state index < -0.39 is 6.09 Å². The van der Waals surface area contributed by atoms with Crippen LogP contribution in [0.15, 0.2) is 30.5 Å². The van der Waals surface area contributed by atoms with E-state index in [0.29, 0.717) is 17.4 Å². The van der Waals surface area contributed by atoms with E-state index in [0.717, 1.165) is 43.6 Å². The molecule has 4 rings (SSSR count). The lowest BCUT2D eigenvalue weighted by Gasteiger charge is -2.34. The minimum Gasteiger partial charge on any atom is -0.481 e. The molecular formula is C20H22ClN3O3. The van der Waals surface area contributed by atoms with Crippen LogP contribution in [0, 0.1) is 0 Å². The van der Waals surface area contributed by atoms with Gasteiger partial charge in [0.25, 0.3) is 0 Å². The second kappa shape index (κ2) is 7.27. The topological polar surface area (TPSA) is 65.9 Å². The van der Waals surface area contributed by atoms with Crippen molar-refractivity contribution in [3.05, 3.63) is 52.2 Å². The molecule has 2 aromatic rings. The van der Waals surface area contributed by atoms with E-state index in [-0.39, 0.29) is 6.04 Å². The summed E-state index contributed by atoms with van der Waals surface area (Å²) in [5, 5.41) is 10.2. The molecule has 1 aromatic carbocycles. The fraction of sp³-hybridized carbons (Fsp3) is 0.400. The van der Waals surface area contributed by atoms with Gasteiger partial charge in [-0.1, -0.05) is 11.6 Å². The Hall–Kier alpha value is -2.47. The summed E-state index contributed by atoms with van der Waals surface area (Å²) in [7, 11) is 1.61. The zero-order valence-corrected chi connectivity index (χ0v) is 15.9. The molecule has 142 valence electrons. The highest BCUT2D eigenvalue weighted by Gasteiger charge is 2.33. The van der Waals surface area contributed by atoms with Crippen LogP contribution in [-0.4, -0.2) is 41.3 Å². The number of pyridine rings is 1. The van der Waals surface area contributed by atoms with Crippen molar-refractivity contribution in [1.82, 2.24) is 9.88 Å². The Labute approximate surface area is 163 Å². The fourth-order valence-corrected chi connectivity index (χ4v) is 4.45. The van der Waals surface area contributed by atoms with Crippen LogP contribution in [-0.2, 0) is 13.0 Å². The van der Waals surface area contributed by atoms with Crippen molar-refractivity contribution in [1.29, 1.82) is 0 Å². The first kappa shape index (κ1) is 17.9. The predicted octanol–water partition coefficient (Wildman–Crippen LogP) is 4.12. The monoisotopic (exact) mass is 387 g/mol. The van der Waals surface area contributed by atoms with E-state index >= 15 is 0 Å². The number of carbonyl (C=O) groups is 1. The third-order valence-electron chi connectivity index (χ3n) is 5.49. The van der Waals surface area contributed by atoms with Gasteiger partial charge in [0, 0.05) is 42.6 Å². The predicted molar refractivity (Wildman–Crippen MR) is 104 cm³/mol. The molecule has 27 heavy (non-hydrogen) atoms. The van der Waals surface area contributed by atoms with Crippen LogP contribution in [0.5, 0.6) is 5.88 Å². The number of fused-ring (bicyclic) bond motifs is 1. The lowest BCUT2D eigenvalue weighted by Crippen LogP contribution is -2.34. The molecule has 0 radical (unpaired) electrons. The maximum absolute atomic E-state index is 11.7. The summed E-state index contributed by atoms with van der Waals surface area (Å²) in [4.78, 5) is 19.7. The van der Waals surface area contributed by atoms with E-state index in [9.17, 15) is 9.90 Å². The molecule has 0 aliphatic carbocycles. The molecule has 0 unspecified atom stereocenters. The van der Waals surface area contributed by atoms with E-state index in [1.807, 2.05) is 24.3 Å². The Bertz CT molecular complexity index is 874.